The minimum atomic E-state index is 0.172. The number of hydrogen-bond donors (Lipinski definition) is 2. The molecule has 0 radical (unpaired) electrons. The lowest BCUT2D eigenvalue weighted by Crippen LogP contribution is -2.26. The van der Waals surface area contributed by atoms with E-state index in [0.29, 0.717) is 6.42 Å². The Morgan fingerprint density at radius 3 is 3.17 bits per heavy atom. The van der Waals surface area contributed by atoms with Gasteiger partial charge in [0, 0.05) is 27.7 Å². The predicted octanol–water partition coefficient (Wildman–Crippen LogP) is 2.56. The molecule has 1 amide bonds. The van der Waals surface area contributed by atoms with E-state index in [0.717, 1.165) is 42.9 Å². The molecule has 0 bridgehead atoms. The Morgan fingerprint density at radius 1 is 1.61 bits per heavy atom. The molecule has 1 aliphatic rings. The first-order valence-corrected chi connectivity index (χ1v) is 8.11. The molecule has 1 aromatic rings. The minimum absolute atomic E-state index is 0.172. The maximum absolute atomic E-state index is 11.7. The molecule has 1 aromatic heterocycles. The number of nitrogens with one attached hydrogen (secondary N) is 2. The second kappa shape index (κ2) is 7.26. The Kier molecular flexibility index (Phi) is 5.66. The topological polar surface area (TPSA) is 41.1 Å². The van der Waals surface area contributed by atoms with E-state index in [1.807, 2.05) is 0 Å². The zero-order chi connectivity index (χ0) is 12.8. The van der Waals surface area contributed by atoms with Gasteiger partial charge in [0.1, 0.15) is 0 Å². The molecule has 2 heterocycles. The van der Waals surface area contributed by atoms with Crippen molar-refractivity contribution < 1.29 is 4.79 Å². The van der Waals surface area contributed by atoms with Crippen LogP contribution < -0.4 is 10.6 Å². The highest BCUT2D eigenvalue weighted by Crippen LogP contribution is 2.20. The van der Waals surface area contributed by atoms with Gasteiger partial charge in [-0.3, -0.25) is 4.79 Å². The fourth-order valence-electron chi connectivity index (χ4n) is 2.19. The molecule has 0 aliphatic carbocycles. The second-order valence-electron chi connectivity index (χ2n) is 4.73. The molecule has 1 fully saturated rings. The van der Waals surface area contributed by atoms with Gasteiger partial charge in [0.25, 0.3) is 0 Å². The Bertz CT molecular complexity index is 388. The van der Waals surface area contributed by atoms with Crippen LogP contribution in [0, 0.1) is 5.92 Å². The van der Waals surface area contributed by atoms with E-state index in [1.165, 1.54) is 11.3 Å². The van der Waals surface area contributed by atoms with E-state index in [4.69, 9.17) is 0 Å². The van der Waals surface area contributed by atoms with Gasteiger partial charge >= 0.3 is 0 Å². The van der Waals surface area contributed by atoms with Crippen LogP contribution >= 0.6 is 27.3 Å². The van der Waals surface area contributed by atoms with Crippen LogP contribution in [0.5, 0.6) is 0 Å². The molecule has 0 spiro atoms. The standard InChI is InChI=1S/C13H19BrN2OS/c14-11-7-12(18-9-11)1-2-13(17)16-6-4-10-3-5-15-8-10/h7,9-10,15H,1-6,8H2,(H,16,17). The number of rotatable bonds is 6. The Balaban J connectivity index is 1.57. The first kappa shape index (κ1) is 14.0. The van der Waals surface area contributed by atoms with Gasteiger partial charge < -0.3 is 10.6 Å². The Morgan fingerprint density at radius 2 is 2.50 bits per heavy atom. The lowest BCUT2D eigenvalue weighted by molar-refractivity contribution is -0.121. The summed E-state index contributed by atoms with van der Waals surface area (Å²) in [6, 6.07) is 2.09. The van der Waals surface area contributed by atoms with Crippen molar-refractivity contribution in [2.24, 2.45) is 5.92 Å². The number of hydrogen-bond acceptors (Lipinski definition) is 3. The third-order valence-corrected chi connectivity index (χ3v) is 5.01. The maximum atomic E-state index is 11.7. The molecule has 0 saturated carbocycles. The fourth-order valence-corrected chi connectivity index (χ4v) is 3.64. The molecule has 3 nitrogen and oxygen atoms in total. The van der Waals surface area contributed by atoms with Crippen molar-refractivity contribution in [2.45, 2.75) is 25.7 Å². The lowest BCUT2D eigenvalue weighted by atomic mass is 10.1. The highest BCUT2D eigenvalue weighted by molar-refractivity contribution is 9.10. The summed E-state index contributed by atoms with van der Waals surface area (Å²) in [4.78, 5) is 12.9. The molecule has 5 heteroatoms. The third kappa shape index (κ3) is 4.71. The lowest BCUT2D eigenvalue weighted by Gasteiger charge is -2.09. The highest BCUT2D eigenvalue weighted by Gasteiger charge is 2.14. The second-order valence-corrected chi connectivity index (χ2v) is 6.64. The monoisotopic (exact) mass is 330 g/mol. The van der Waals surface area contributed by atoms with E-state index in [9.17, 15) is 4.79 Å². The minimum Gasteiger partial charge on any atom is -0.356 e. The van der Waals surface area contributed by atoms with Gasteiger partial charge in [-0.05, 0) is 60.3 Å². The van der Waals surface area contributed by atoms with Gasteiger partial charge in [-0.1, -0.05) is 0 Å². The largest absolute Gasteiger partial charge is 0.356 e. The van der Waals surface area contributed by atoms with Gasteiger partial charge in [0.15, 0.2) is 0 Å². The van der Waals surface area contributed by atoms with Gasteiger partial charge in [0.05, 0.1) is 0 Å². The smallest absolute Gasteiger partial charge is 0.220 e. The van der Waals surface area contributed by atoms with Crippen LogP contribution in [-0.4, -0.2) is 25.5 Å². The van der Waals surface area contributed by atoms with Crippen LogP contribution in [0.1, 0.15) is 24.1 Å². The number of halogens is 1. The van der Waals surface area contributed by atoms with Crippen molar-refractivity contribution in [1.82, 2.24) is 10.6 Å². The number of aryl methyl sites for hydroxylation is 1. The maximum Gasteiger partial charge on any atom is 0.220 e. The number of thiophene rings is 1. The van der Waals surface area contributed by atoms with E-state index in [2.05, 4.69) is 38.0 Å². The molecule has 18 heavy (non-hydrogen) atoms. The molecular formula is C13H19BrN2OS. The zero-order valence-corrected chi connectivity index (χ0v) is 12.8. The number of amides is 1. The Labute approximate surface area is 120 Å². The van der Waals surface area contributed by atoms with Crippen LogP contribution in [0.15, 0.2) is 15.9 Å². The van der Waals surface area contributed by atoms with Crippen molar-refractivity contribution in [1.29, 1.82) is 0 Å². The van der Waals surface area contributed by atoms with E-state index in [1.54, 1.807) is 11.3 Å². The van der Waals surface area contributed by atoms with Crippen molar-refractivity contribution in [2.75, 3.05) is 19.6 Å². The summed E-state index contributed by atoms with van der Waals surface area (Å²) in [6.45, 7) is 3.06. The van der Waals surface area contributed by atoms with E-state index >= 15 is 0 Å². The third-order valence-electron chi connectivity index (χ3n) is 3.26. The first-order chi connectivity index (χ1) is 8.74. The molecule has 2 N–H and O–H groups in total. The zero-order valence-electron chi connectivity index (χ0n) is 10.4. The average molecular weight is 331 g/mol. The van der Waals surface area contributed by atoms with Crippen LogP contribution in [-0.2, 0) is 11.2 Å². The summed E-state index contributed by atoms with van der Waals surface area (Å²) in [5.74, 6) is 0.920. The SMILES string of the molecule is O=C(CCc1cc(Br)cs1)NCCC1CCNC1. The van der Waals surface area contributed by atoms with Crippen molar-refractivity contribution in [3.8, 4) is 0 Å². The van der Waals surface area contributed by atoms with Crippen molar-refractivity contribution in [3.05, 3.63) is 20.8 Å². The normalized spacial score (nSPS) is 19.1. The summed E-state index contributed by atoms with van der Waals surface area (Å²) in [5.41, 5.74) is 0. The van der Waals surface area contributed by atoms with Crippen molar-refractivity contribution in [3.63, 3.8) is 0 Å². The summed E-state index contributed by atoms with van der Waals surface area (Å²) < 4.78 is 1.11. The Hall–Kier alpha value is -0.390. The molecule has 1 atom stereocenters. The van der Waals surface area contributed by atoms with Gasteiger partial charge in [-0.25, -0.2) is 0 Å². The quantitative estimate of drug-likeness (QED) is 0.841. The van der Waals surface area contributed by atoms with Crippen LogP contribution in [0.25, 0.3) is 0 Å². The number of carbonyl (C=O) groups is 1. The van der Waals surface area contributed by atoms with Crippen LogP contribution in [0.4, 0.5) is 0 Å². The van der Waals surface area contributed by atoms with E-state index < -0.39 is 0 Å². The summed E-state index contributed by atoms with van der Waals surface area (Å²) >= 11 is 5.12. The molecule has 1 unspecified atom stereocenters. The molecule has 100 valence electrons. The average Bonchev–Trinajstić information content (AvgIpc) is 2.98. The van der Waals surface area contributed by atoms with Crippen molar-refractivity contribution >= 4 is 33.2 Å². The first-order valence-electron chi connectivity index (χ1n) is 6.44. The fraction of sp³-hybridized carbons (Fsp3) is 0.615. The summed E-state index contributed by atoms with van der Waals surface area (Å²) in [5, 5.41) is 8.41. The molecule has 0 aromatic carbocycles. The molecule has 1 saturated heterocycles. The van der Waals surface area contributed by atoms with Gasteiger partial charge in [-0.2, -0.15) is 0 Å². The van der Waals surface area contributed by atoms with Gasteiger partial charge in [-0.15, -0.1) is 11.3 Å². The highest BCUT2D eigenvalue weighted by atomic mass is 79.9. The molecular weight excluding hydrogens is 312 g/mol. The van der Waals surface area contributed by atoms with Crippen LogP contribution in [0.2, 0.25) is 0 Å². The number of carbonyl (C=O) groups excluding carboxylic acids is 1. The summed E-state index contributed by atoms with van der Waals surface area (Å²) in [7, 11) is 0. The molecule has 1 aliphatic heterocycles. The molecule has 2 rings (SSSR count). The van der Waals surface area contributed by atoms with Gasteiger partial charge in [0.2, 0.25) is 5.91 Å². The predicted molar refractivity (Wildman–Crippen MR) is 78.9 cm³/mol. The van der Waals surface area contributed by atoms with E-state index in [-0.39, 0.29) is 5.91 Å². The van der Waals surface area contributed by atoms with Crippen LogP contribution in [0.3, 0.4) is 0 Å². The summed E-state index contributed by atoms with van der Waals surface area (Å²) in [6.07, 6.45) is 3.78.